The molecule has 2 atom stereocenters. The van der Waals surface area contributed by atoms with E-state index in [1.165, 1.54) is 12.8 Å². The minimum Gasteiger partial charge on any atom is -0.353 e. The molecule has 0 amide bonds. The molecule has 0 aromatic rings. The first kappa shape index (κ1) is 14.5. The van der Waals surface area contributed by atoms with E-state index >= 15 is 0 Å². The summed E-state index contributed by atoms with van der Waals surface area (Å²) < 4.78 is 11.2. The molecule has 1 rings (SSSR count). The Morgan fingerprint density at radius 3 is 2.94 bits per heavy atom. The first-order valence-electron chi connectivity index (χ1n) is 7.04. The summed E-state index contributed by atoms with van der Waals surface area (Å²) in [4.78, 5) is 0. The maximum Gasteiger partial charge on any atom is 0.157 e. The average molecular weight is 238 g/mol. The van der Waals surface area contributed by atoms with Gasteiger partial charge in [-0.1, -0.05) is 13.8 Å². The quantitative estimate of drug-likeness (QED) is 0.518. The normalized spacial score (nSPS) is 21.6. The second-order valence-corrected chi connectivity index (χ2v) is 4.75. The summed E-state index contributed by atoms with van der Waals surface area (Å²) in [5, 5.41) is 0. The Balaban J connectivity index is 1.91. The fraction of sp³-hybridized carbons (Fsp3) is 0.867. The van der Waals surface area contributed by atoms with Gasteiger partial charge in [0.1, 0.15) is 0 Å². The summed E-state index contributed by atoms with van der Waals surface area (Å²) in [7, 11) is 0. The highest BCUT2D eigenvalue weighted by molar-refractivity contribution is 5.01. The summed E-state index contributed by atoms with van der Waals surface area (Å²) in [5.41, 5.74) is 0. The zero-order chi connectivity index (χ0) is 12.3. The molecular formula is C15H26O2. The van der Waals surface area contributed by atoms with Gasteiger partial charge >= 0.3 is 0 Å². The number of hydrogen-bond donors (Lipinski definition) is 0. The molecule has 0 saturated carbocycles. The van der Waals surface area contributed by atoms with E-state index < -0.39 is 0 Å². The van der Waals surface area contributed by atoms with Crippen molar-refractivity contribution in [3.8, 4) is 11.8 Å². The van der Waals surface area contributed by atoms with Gasteiger partial charge in [-0.3, -0.25) is 0 Å². The van der Waals surface area contributed by atoms with Gasteiger partial charge in [0.25, 0.3) is 0 Å². The molecule has 0 N–H and O–H groups in total. The van der Waals surface area contributed by atoms with Gasteiger partial charge in [0.05, 0.1) is 0 Å². The van der Waals surface area contributed by atoms with E-state index in [-0.39, 0.29) is 6.29 Å². The van der Waals surface area contributed by atoms with Crippen LogP contribution < -0.4 is 0 Å². The van der Waals surface area contributed by atoms with E-state index in [0.717, 1.165) is 45.3 Å². The molecule has 1 fully saturated rings. The molecule has 0 aromatic carbocycles. The largest absolute Gasteiger partial charge is 0.353 e. The molecule has 0 aliphatic carbocycles. The number of rotatable bonds is 6. The lowest BCUT2D eigenvalue weighted by Crippen LogP contribution is -2.22. The Morgan fingerprint density at radius 1 is 1.35 bits per heavy atom. The van der Waals surface area contributed by atoms with Crippen molar-refractivity contribution < 1.29 is 9.47 Å². The van der Waals surface area contributed by atoms with E-state index in [9.17, 15) is 0 Å². The van der Waals surface area contributed by atoms with Crippen molar-refractivity contribution in [2.75, 3.05) is 13.2 Å². The highest BCUT2D eigenvalue weighted by atomic mass is 16.7. The molecule has 1 saturated heterocycles. The molecule has 0 spiro atoms. The van der Waals surface area contributed by atoms with Crippen LogP contribution in [0.5, 0.6) is 0 Å². The second-order valence-electron chi connectivity index (χ2n) is 4.75. The van der Waals surface area contributed by atoms with Crippen molar-refractivity contribution in [3.05, 3.63) is 0 Å². The van der Waals surface area contributed by atoms with Crippen molar-refractivity contribution in [1.82, 2.24) is 0 Å². The molecule has 0 bridgehead atoms. The third-order valence-corrected chi connectivity index (χ3v) is 3.10. The summed E-state index contributed by atoms with van der Waals surface area (Å²) in [6, 6.07) is 0. The first-order chi connectivity index (χ1) is 8.33. The molecular weight excluding hydrogens is 212 g/mol. The van der Waals surface area contributed by atoms with Gasteiger partial charge in [-0.05, 0) is 38.5 Å². The van der Waals surface area contributed by atoms with E-state index in [4.69, 9.17) is 9.47 Å². The monoisotopic (exact) mass is 238 g/mol. The third-order valence-electron chi connectivity index (χ3n) is 3.10. The van der Waals surface area contributed by atoms with Crippen molar-refractivity contribution in [1.29, 1.82) is 0 Å². The number of unbranched alkanes of at least 4 members (excludes halogenated alkanes) is 2. The van der Waals surface area contributed by atoms with Gasteiger partial charge in [0.2, 0.25) is 0 Å². The van der Waals surface area contributed by atoms with Crippen LogP contribution >= 0.6 is 0 Å². The van der Waals surface area contributed by atoms with Gasteiger partial charge in [0.15, 0.2) is 6.29 Å². The highest BCUT2D eigenvalue weighted by Crippen LogP contribution is 2.14. The lowest BCUT2D eigenvalue weighted by molar-refractivity contribution is -0.162. The fourth-order valence-corrected chi connectivity index (χ4v) is 1.72. The van der Waals surface area contributed by atoms with Crippen LogP contribution in [-0.4, -0.2) is 19.5 Å². The first-order valence-corrected chi connectivity index (χ1v) is 7.04. The number of hydrogen-bond acceptors (Lipinski definition) is 2. The Hall–Kier alpha value is -0.520. The molecule has 2 heteroatoms. The highest BCUT2D eigenvalue weighted by Gasteiger charge is 2.12. The zero-order valence-electron chi connectivity index (χ0n) is 11.3. The van der Waals surface area contributed by atoms with Crippen molar-refractivity contribution in [3.63, 3.8) is 0 Å². The van der Waals surface area contributed by atoms with E-state index in [2.05, 4.69) is 25.7 Å². The standard InChI is InChI=1S/C15H26O2/c1-3-14(2)10-6-4-5-8-12-16-15-11-7-9-13-17-15/h14-15H,3-5,7-9,11-13H2,1-2H3. The van der Waals surface area contributed by atoms with Crippen LogP contribution in [0.25, 0.3) is 0 Å². The van der Waals surface area contributed by atoms with Gasteiger partial charge in [-0.15, -0.1) is 11.8 Å². The lowest BCUT2D eigenvalue weighted by Gasteiger charge is -2.22. The summed E-state index contributed by atoms with van der Waals surface area (Å²) in [5.74, 6) is 7.04. The van der Waals surface area contributed by atoms with Crippen molar-refractivity contribution >= 4 is 0 Å². The van der Waals surface area contributed by atoms with Gasteiger partial charge in [-0.2, -0.15) is 0 Å². The fourth-order valence-electron chi connectivity index (χ4n) is 1.72. The van der Waals surface area contributed by atoms with Gasteiger partial charge in [-0.25, -0.2) is 0 Å². The molecule has 98 valence electrons. The molecule has 0 aromatic heterocycles. The van der Waals surface area contributed by atoms with E-state index in [0.29, 0.717) is 5.92 Å². The predicted octanol–water partition coefficient (Wildman–Crippen LogP) is 3.75. The van der Waals surface area contributed by atoms with Crippen LogP contribution in [0.3, 0.4) is 0 Å². The molecule has 17 heavy (non-hydrogen) atoms. The molecule has 1 aliphatic heterocycles. The summed E-state index contributed by atoms with van der Waals surface area (Å²) >= 11 is 0. The smallest absolute Gasteiger partial charge is 0.157 e. The van der Waals surface area contributed by atoms with Crippen LogP contribution in [0.15, 0.2) is 0 Å². The van der Waals surface area contributed by atoms with Gasteiger partial charge < -0.3 is 9.47 Å². The van der Waals surface area contributed by atoms with E-state index in [1.807, 2.05) is 0 Å². The van der Waals surface area contributed by atoms with Crippen molar-refractivity contribution in [2.45, 2.75) is 65.1 Å². The van der Waals surface area contributed by atoms with E-state index in [1.54, 1.807) is 0 Å². The van der Waals surface area contributed by atoms with Crippen molar-refractivity contribution in [2.24, 2.45) is 5.92 Å². The molecule has 0 radical (unpaired) electrons. The second kappa shape index (κ2) is 9.50. The van der Waals surface area contributed by atoms with Crippen LogP contribution in [0, 0.1) is 17.8 Å². The molecule has 1 heterocycles. The number of ether oxygens (including phenoxy) is 2. The average Bonchev–Trinajstić information content (AvgIpc) is 2.38. The Bertz CT molecular complexity index is 233. The zero-order valence-corrected chi connectivity index (χ0v) is 11.3. The molecule has 2 nitrogen and oxygen atoms in total. The maximum atomic E-state index is 5.66. The topological polar surface area (TPSA) is 18.5 Å². The SMILES string of the molecule is CCC(C)C#CCCCCOC1CCCCO1. The maximum absolute atomic E-state index is 5.66. The summed E-state index contributed by atoms with van der Waals surface area (Å²) in [6.45, 7) is 6.04. The third kappa shape index (κ3) is 7.41. The Morgan fingerprint density at radius 2 is 2.24 bits per heavy atom. The predicted molar refractivity (Wildman–Crippen MR) is 70.6 cm³/mol. The van der Waals surface area contributed by atoms with Crippen LogP contribution in [0.2, 0.25) is 0 Å². The lowest BCUT2D eigenvalue weighted by atomic mass is 10.1. The van der Waals surface area contributed by atoms with Crippen LogP contribution in [0.1, 0.15) is 58.8 Å². The molecule has 1 aliphatic rings. The van der Waals surface area contributed by atoms with Gasteiger partial charge in [0, 0.05) is 25.6 Å². The minimum atomic E-state index is 0.0648. The summed E-state index contributed by atoms with van der Waals surface area (Å²) in [6.07, 6.45) is 7.93. The van der Waals surface area contributed by atoms with Crippen LogP contribution in [-0.2, 0) is 9.47 Å². The van der Waals surface area contributed by atoms with Crippen LogP contribution in [0.4, 0.5) is 0 Å². The molecule has 2 unspecified atom stereocenters. The Labute approximate surface area is 106 Å². The minimum absolute atomic E-state index is 0.0648. The Kier molecular flexibility index (Phi) is 8.13.